The number of rotatable bonds is 4. The number of imidazole rings is 1. The molecular weight excluding hydrogens is 363 g/mol. The van der Waals surface area contributed by atoms with Crippen LogP contribution in [0.3, 0.4) is 0 Å². The van der Waals surface area contributed by atoms with Crippen molar-refractivity contribution in [2.75, 3.05) is 20.3 Å². The van der Waals surface area contributed by atoms with E-state index < -0.39 is 39.0 Å². The summed E-state index contributed by atoms with van der Waals surface area (Å²) < 4.78 is 22.1. The third kappa shape index (κ3) is 3.24. The van der Waals surface area contributed by atoms with Crippen LogP contribution in [0.4, 0.5) is 0 Å². The summed E-state index contributed by atoms with van der Waals surface area (Å²) in [7, 11) is -2.91. The van der Waals surface area contributed by atoms with Gasteiger partial charge in [-0.15, -0.1) is 12.6 Å². The quantitative estimate of drug-likeness (QED) is 0.274. The Morgan fingerprint density at radius 2 is 2.17 bits per heavy atom. The number of hydrogen-bond acceptors (Lipinski definition) is 9. The standard InChI is InChI=1S/C11H17N4O7PS/c1-14-3-13-9-6(11(14)24)12-4-15(9)10-8(17)7(16)5(22-10)2-21-23(18,19)20/h4-5,7-8,10,16-17,24H,2-3H2,1H3,(H2,18,19,20)/t5-,7-,8-,10-/m1/s1. The van der Waals surface area contributed by atoms with Gasteiger partial charge in [-0.2, -0.15) is 0 Å². The molecule has 0 aliphatic carbocycles. The Morgan fingerprint density at radius 1 is 1.46 bits per heavy atom. The molecule has 13 heteroatoms. The van der Waals surface area contributed by atoms with Gasteiger partial charge in [0.15, 0.2) is 11.7 Å². The summed E-state index contributed by atoms with van der Waals surface area (Å²) in [5.41, 5.74) is 0.436. The first-order valence-electron chi connectivity index (χ1n) is 6.92. The molecule has 1 aromatic heterocycles. The molecule has 2 aliphatic heterocycles. The van der Waals surface area contributed by atoms with Gasteiger partial charge in [0.1, 0.15) is 30.3 Å². The Labute approximate surface area is 141 Å². The zero-order valence-electron chi connectivity index (χ0n) is 12.5. The molecule has 4 atom stereocenters. The van der Waals surface area contributed by atoms with E-state index in [9.17, 15) is 14.8 Å². The van der Waals surface area contributed by atoms with Crippen molar-refractivity contribution in [1.29, 1.82) is 0 Å². The van der Waals surface area contributed by atoms with E-state index in [1.807, 2.05) is 0 Å². The third-order valence-electron chi connectivity index (χ3n) is 3.79. The smallest absolute Gasteiger partial charge is 0.387 e. The van der Waals surface area contributed by atoms with Crippen LogP contribution in [0.25, 0.3) is 5.03 Å². The van der Waals surface area contributed by atoms with Gasteiger partial charge in [0.05, 0.1) is 18.0 Å². The molecule has 2 aliphatic rings. The fourth-order valence-corrected chi connectivity index (χ4v) is 3.11. The van der Waals surface area contributed by atoms with E-state index in [1.54, 1.807) is 11.9 Å². The maximum Gasteiger partial charge on any atom is 0.469 e. The minimum Gasteiger partial charge on any atom is -0.387 e. The minimum atomic E-state index is -4.71. The second-order valence-electron chi connectivity index (χ2n) is 5.48. The van der Waals surface area contributed by atoms with Crippen molar-refractivity contribution in [2.24, 2.45) is 4.99 Å². The summed E-state index contributed by atoms with van der Waals surface area (Å²) in [4.78, 5) is 27.8. The molecule has 1 fully saturated rings. The highest BCUT2D eigenvalue weighted by Crippen LogP contribution is 2.38. The molecule has 1 aromatic rings. The van der Waals surface area contributed by atoms with Crippen LogP contribution in [0.5, 0.6) is 0 Å². The van der Waals surface area contributed by atoms with E-state index in [4.69, 9.17) is 14.5 Å². The normalized spacial score (nSPS) is 30.4. The number of hydrogen-bond donors (Lipinski definition) is 5. The predicted octanol–water partition coefficient (Wildman–Crippen LogP) is -2.87. The summed E-state index contributed by atoms with van der Waals surface area (Å²) in [5, 5.41) is 21.3. The molecule has 4 N–H and O–H groups in total. The van der Waals surface area contributed by atoms with Crippen LogP contribution in [0.1, 0.15) is 6.23 Å². The van der Waals surface area contributed by atoms with Gasteiger partial charge in [0.2, 0.25) is 0 Å². The molecular formula is C11H17N4O7PS. The van der Waals surface area contributed by atoms with Crippen LogP contribution >= 0.6 is 20.5 Å². The molecule has 3 rings (SSSR count). The predicted molar refractivity (Wildman–Crippen MR) is 82.0 cm³/mol. The maximum absolute atomic E-state index is 10.8. The van der Waals surface area contributed by atoms with Crippen molar-refractivity contribution < 1.29 is 33.8 Å². The van der Waals surface area contributed by atoms with Crippen LogP contribution < -0.4 is 10.8 Å². The Bertz CT molecular complexity index is 795. The number of ether oxygens (including phenoxy) is 1. The summed E-state index contributed by atoms with van der Waals surface area (Å²) in [6, 6.07) is 0. The number of aromatic nitrogens is 2. The zero-order chi connectivity index (χ0) is 17.6. The molecule has 0 amide bonds. The number of aliphatic hydroxyl groups is 2. The van der Waals surface area contributed by atoms with Crippen LogP contribution in [0.2, 0.25) is 0 Å². The topological polar surface area (TPSA) is 150 Å². The van der Waals surface area contributed by atoms with Crippen molar-refractivity contribution in [3.63, 3.8) is 0 Å². The Kier molecular flexibility index (Phi) is 4.75. The largest absolute Gasteiger partial charge is 0.469 e. The number of aliphatic hydroxyl groups excluding tert-OH is 2. The lowest BCUT2D eigenvalue weighted by Crippen LogP contribution is -2.43. The van der Waals surface area contributed by atoms with E-state index >= 15 is 0 Å². The number of phosphoric ester groups is 1. The summed E-state index contributed by atoms with van der Waals surface area (Å²) >= 11 is 4.36. The molecule has 24 heavy (non-hydrogen) atoms. The van der Waals surface area contributed by atoms with Crippen LogP contribution in [0, 0.1) is 0 Å². The molecule has 134 valence electrons. The van der Waals surface area contributed by atoms with E-state index in [1.165, 1.54) is 10.9 Å². The molecule has 3 heterocycles. The van der Waals surface area contributed by atoms with Crippen molar-refractivity contribution in [2.45, 2.75) is 24.5 Å². The van der Waals surface area contributed by atoms with E-state index in [0.29, 0.717) is 22.5 Å². The fourth-order valence-electron chi connectivity index (χ4n) is 2.54. The van der Waals surface area contributed by atoms with Crippen molar-refractivity contribution >= 4 is 25.5 Å². The molecule has 0 unspecified atom stereocenters. The van der Waals surface area contributed by atoms with Crippen molar-refractivity contribution in [3.05, 3.63) is 17.2 Å². The first-order chi connectivity index (χ1) is 11.2. The number of nitrogens with zero attached hydrogens (tertiary/aromatic N) is 4. The second kappa shape index (κ2) is 6.39. The number of phosphoric acid groups is 1. The van der Waals surface area contributed by atoms with Gasteiger partial charge >= 0.3 is 7.82 Å². The number of fused-ring (bicyclic) bond motifs is 1. The molecule has 1 saturated heterocycles. The van der Waals surface area contributed by atoms with Crippen LogP contribution in [-0.4, -0.2) is 73.1 Å². The van der Waals surface area contributed by atoms with Crippen LogP contribution in [0.15, 0.2) is 11.3 Å². The Hall–Kier alpha value is -0.980. The van der Waals surface area contributed by atoms with Gasteiger partial charge in [0, 0.05) is 7.05 Å². The summed E-state index contributed by atoms with van der Waals surface area (Å²) in [6.07, 6.45) is -3.45. The highest BCUT2D eigenvalue weighted by Gasteiger charge is 2.45. The van der Waals surface area contributed by atoms with Gasteiger partial charge in [-0.1, -0.05) is 0 Å². The Balaban J connectivity index is 1.87. The number of thiol groups is 1. The average Bonchev–Trinajstić information content (AvgIpc) is 3.04. The lowest BCUT2D eigenvalue weighted by Gasteiger charge is -2.20. The lowest BCUT2D eigenvalue weighted by molar-refractivity contribution is -0.0539. The Morgan fingerprint density at radius 3 is 2.83 bits per heavy atom. The molecule has 0 bridgehead atoms. The zero-order valence-corrected chi connectivity index (χ0v) is 14.3. The first kappa shape index (κ1) is 17.8. The first-order valence-corrected chi connectivity index (χ1v) is 8.90. The van der Waals surface area contributed by atoms with Crippen LogP contribution in [-0.2, 0) is 13.8 Å². The summed E-state index contributed by atoms with van der Waals surface area (Å²) in [5.74, 6) is 0. The average molecular weight is 380 g/mol. The maximum atomic E-state index is 10.8. The van der Waals surface area contributed by atoms with Gasteiger partial charge in [0.25, 0.3) is 0 Å². The minimum absolute atomic E-state index is 0.341. The fraction of sp³-hybridized carbons (Fsp3) is 0.636. The van der Waals surface area contributed by atoms with E-state index in [0.717, 1.165) is 0 Å². The monoisotopic (exact) mass is 380 g/mol. The highest BCUT2D eigenvalue weighted by atomic mass is 32.1. The van der Waals surface area contributed by atoms with Gasteiger partial charge in [-0.3, -0.25) is 9.09 Å². The van der Waals surface area contributed by atoms with E-state index in [-0.39, 0.29) is 0 Å². The summed E-state index contributed by atoms with van der Waals surface area (Å²) in [6.45, 7) is -0.229. The van der Waals surface area contributed by atoms with Gasteiger partial charge in [-0.25, -0.2) is 14.5 Å². The van der Waals surface area contributed by atoms with Gasteiger partial charge in [-0.05, 0) is 0 Å². The molecule has 0 aromatic carbocycles. The SMILES string of the molecule is CN1CN=c2c(ncn2[C@@H]2O[C@H](COP(=O)(O)O)[C@@H](O)[C@H]2O)=C1S. The van der Waals surface area contributed by atoms with E-state index in [2.05, 4.69) is 27.1 Å². The highest BCUT2D eigenvalue weighted by molar-refractivity contribution is 7.89. The molecule has 11 nitrogen and oxygen atoms in total. The van der Waals surface area contributed by atoms with Gasteiger partial charge < -0.3 is 29.6 Å². The lowest BCUT2D eigenvalue weighted by atomic mass is 10.1. The second-order valence-corrected chi connectivity index (χ2v) is 7.14. The molecule has 0 spiro atoms. The third-order valence-corrected chi connectivity index (χ3v) is 4.83. The van der Waals surface area contributed by atoms with Crippen molar-refractivity contribution in [1.82, 2.24) is 14.5 Å². The molecule has 0 radical (unpaired) electrons. The van der Waals surface area contributed by atoms with Crippen molar-refractivity contribution in [3.8, 4) is 0 Å². The molecule has 0 saturated carbocycles.